The largest absolute Gasteiger partial charge is 0.338 e. The second kappa shape index (κ2) is 8.60. The van der Waals surface area contributed by atoms with Gasteiger partial charge >= 0.3 is 0 Å². The molecule has 3 nitrogen and oxygen atoms in total. The van der Waals surface area contributed by atoms with Gasteiger partial charge in [-0.25, -0.2) is 0 Å². The van der Waals surface area contributed by atoms with Crippen LogP contribution in [0.4, 0.5) is 0 Å². The van der Waals surface area contributed by atoms with Gasteiger partial charge in [0.05, 0.1) is 0 Å². The lowest BCUT2D eigenvalue weighted by Crippen LogP contribution is -2.32. The number of nitrogens with two attached hydrogens (primary N) is 1. The zero-order chi connectivity index (χ0) is 14.9. The maximum Gasteiger partial charge on any atom is 0.223 e. The maximum absolute atomic E-state index is 12.4. The first kappa shape index (κ1) is 15.7. The van der Waals surface area contributed by atoms with Crippen LogP contribution in [0.3, 0.4) is 0 Å². The Hall–Kier alpha value is -1.65. The van der Waals surface area contributed by atoms with Crippen LogP contribution in [0, 0.1) is 0 Å². The van der Waals surface area contributed by atoms with E-state index in [9.17, 15) is 4.79 Å². The van der Waals surface area contributed by atoms with Gasteiger partial charge in [-0.05, 0) is 36.4 Å². The number of amides is 1. The summed E-state index contributed by atoms with van der Waals surface area (Å²) in [4.78, 5) is 15.6. The van der Waals surface area contributed by atoms with Crippen LogP contribution in [-0.2, 0) is 17.8 Å². The summed E-state index contributed by atoms with van der Waals surface area (Å²) in [5.74, 6) is 0.209. The Morgan fingerprint density at radius 1 is 1.14 bits per heavy atom. The molecule has 0 bridgehead atoms. The van der Waals surface area contributed by atoms with Crippen LogP contribution in [-0.4, -0.2) is 23.9 Å². The van der Waals surface area contributed by atoms with Gasteiger partial charge in [0.1, 0.15) is 0 Å². The predicted molar refractivity (Wildman–Crippen MR) is 88.2 cm³/mol. The van der Waals surface area contributed by atoms with Gasteiger partial charge < -0.3 is 10.6 Å². The normalized spacial score (nSPS) is 10.5. The molecule has 1 aromatic carbocycles. The highest BCUT2D eigenvalue weighted by atomic mass is 32.1. The van der Waals surface area contributed by atoms with Crippen molar-refractivity contribution in [3.8, 4) is 0 Å². The second-order valence-corrected chi connectivity index (χ2v) is 6.05. The van der Waals surface area contributed by atoms with Gasteiger partial charge in [-0.2, -0.15) is 0 Å². The highest BCUT2D eigenvalue weighted by Gasteiger charge is 2.13. The summed E-state index contributed by atoms with van der Waals surface area (Å²) in [5, 5.41) is 2.05. The van der Waals surface area contributed by atoms with Gasteiger partial charge in [0.2, 0.25) is 5.91 Å². The number of aryl methyl sites for hydroxylation is 1. The van der Waals surface area contributed by atoms with Gasteiger partial charge in [-0.1, -0.05) is 36.4 Å². The van der Waals surface area contributed by atoms with E-state index in [2.05, 4.69) is 23.6 Å². The van der Waals surface area contributed by atoms with E-state index in [4.69, 9.17) is 5.73 Å². The third-order valence-corrected chi connectivity index (χ3v) is 4.30. The summed E-state index contributed by atoms with van der Waals surface area (Å²) in [6.07, 6.45) is 2.24. The lowest BCUT2D eigenvalue weighted by Gasteiger charge is -2.22. The Morgan fingerprint density at radius 3 is 2.62 bits per heavy atom. The SMILES string of the molecule is NCCCN(Cc1ccccc1)C(=O)CCc1cccs1. The number of rotatable bonds is 8. The van der Waals surface area contributed by atoms with E-state index in [1.54, 1.807) is 11.3 Å². The fraction of sp³-hybridized carbons (Fsp3) is 0.353. The van der Waals surface area contributed by atoms with Crippen molar-refractivity contribution in [2.75, 3.05) is 13.1 Å². The quantitative estimate of drug-likeness (QED) is 0.814. The number of carbonyl (C=O) groups is 1. The number of benzene rings is 1. The molecule has 1 aromatic heterocycles. The number of nitrogens with zero attached hydrogens (tertiary/aromatic N) is 1. The molecule has 0 saturated heterocycles. The lowest BCUT2D eigenvalue weighted by atomic mass is 10.2. The van der Waals surface area contributed by atoms with Gasteiger partial charge in [-0.15, -0.1) is 11.3 Å². The molecule has 0 fully saturated rings. The summed E-state index contributed by atoms with van der Waals surface area (Å²) in [7, 11) is 0. The smallest absolute Gasteiger partial charge is 0.223 e. The van der Waals surface area contributed by atoms with Crippen LogP contribution in [0.2, 0.25) is 0 Å². The highest BCUT2D eigenvalue weighted by molar-refractivity contribution is 7.09. The molecule has 21 heavy (non-hydrogen) atoms. The van der Waals surface area contributed by atoms with Crippen molar-refractivity contribution in [3.05, 3.63) is 58.3 Å². The maximum atomic E-state index is 12.4. The van der Waals surface area contributed by atoms with Crippen LogP contribution in [0.25, 0.3) is 0 Å². The van der Waals surface area contributed by atoms with Crippen LogP contribution >= 0.6 is 11.3 Å². The highest BCUT2D eigenvalue weighted by Crippen LogP contribution is 2.13. The third-order valence-electron chi connectivity index (χ3n) is 3.37. The Bertz CT molecular complexity index is 525. The summed E-state index contributed by atoms with van der Waals surface area (Å²) in [6, 6.07) is 14.2. The first-order valence-electron chi connectivity index (χ1n) is 7.33. The fourth-order valence-corrected chi connectivity index (χ4v) is 2.93. The average Bonchev–Trinajstić information content (AvgIpc) is 3.03. The van der Waals surface area contributed by atoms with Gasteiger partial charge in [-0.3, -0.25) is 4.79 Å². The molecule has 2 N–H and O–H groups in total. The molecule has 0 radical (unpaired) electrons. The summed E-state index contributed by atoms with van der Waals surface area (Å²) in [5.41, 5.74) is 6.75. The number of hydrogen-bond donors (Lipinski definition) is 1. The first-order valence-corrected chi connectivity index (χ1v) is 8.21. The molecule has 0 atom stereocenters. The Balaban J connectivity index is 1.92. The van der Waals surface area contributed by atoms with Crippen molar-refractivity contribution >= 4 is 17.2 Å². The van der Waals surface area contributed by atoms with Crippen molar-refractivity contribution < 1.29 is 4.79 Å². The van der Waals surface area contributed by atoms with Crippen LogP contribution in [0.15, 0.2) is 47.8 Å². The molecule has 0 aliphatic heterocycles. The zero-order valence-corrected chi connectivity index (χ0v) is 13.0. The molecule has 2 rings (SSSR count). The molecule has 0 aliphatic rings. The minimum atomic E-state index is 0.209. The van der Waals surface area contributed by atoms with Crippen molar-refractivity contribution in [1.82, 2.24) is 4.90 Å². The molecule has 4 heteroatoms. The fourth-order valence-electron chi connectivity index (χ4n) is 2.22. The van der Waals surface area contributed by atoms with Gasteiger partial charge in [0.25, 0.3) is 0 Å². The van der Waals surface area contributed by atoms with E-state index in [1.807, 2.05) is 29.2 Å². The van der Waals surface area contributed by atoms with E-state index < -0.39 is 0 Å². The first-order chi connectivity index (χ1) is 10.3. The van der Waals surface area contributed by atoms with Crippen molar-refractivity contribution in [3.63, 3.8) is 0 Å². The lowest BCUT2D eigenvalue weighted by molar-refractivity contribution is -0.131. The molecule has 1 heterocycles. The molecule has 0 unspecified atom stereocenters. The molecular weight excluding hydrogens is 280 g/mol. The van der Waals surface area contributed by atoms with E-state index >= 15 is 0 Å². The van der Waals surface area contributed by atoms with Gasteiger partial charge in [0.15, 0.2) is 0 Å². The monoisotopic (exact) mass is 302 g/mol. The van der Waals surface area contributed by atoms with Crippen molar-refractivity contribution in [2.45, 2.75) is 25.8 Å². The average molecular weight is 302 g/mol. The topological polar surface area (TPSA) is 46.3 Å². The molecule has 112 valence electrons. The minimum absolute atomic E-state index is 0.209. The van der Waals surface area contributed by atoms with E-state index in [0.29, 0.717) is 19.5 Å². The van der Waals surface area contributed by atoms with E-state index in [1.165, 1.54) is 10.4 Å². The van der Waals surface area contributed by atoms with E-state index in [-0.39, 0.29) is 5.91 Å². The molecular formula is C17H22N2OS. The minimum Gasteiger partial charge on any atom is -0.338 e. The Morgan fingerprint density at radius 2 is 1.95 bits per heavy atom. The molecule has 0 spiro atoms. The van der Waals surface area contributed by atoms with E-state index in [0.717, 1.165) is 19.4 Å². The third kappa shape index (κ3) is 5.33. The number of hydrogen-bond acceptors (Lipinski definition) is 3. The Kier molecular flexibility index (Phi) is 6.44. The van der Waals surface area contributed by atoms with Crippen LogP contribution in [0.1, 0.15) is 23.3 Å². The van der Waals surface area contributed by atoms with Gasteiger partial charge in [0, 0.05) is 24.4 Å². The zero-order valence-electron chi connectivity index (χ0n) is 12.2. The summed E-state index contributed by atoms with van der Waals surface area (Å²) in [6.45, 7) is 2.02. The van der Waals surface area contributed by atoms with Crippen molar-refractivity contribution in [2.24, 2.45) is 5.73 Å². The van der Waals surface area contributed by atoms with Crippen molar-refractivity contribution in [1.29, 1.82) is 0 Å². The molecule has 2 aromatic rings. The predicted octanol–water partition coefficient (Wildman–Crippen LogP) is 3.06. The standard InChI is InChI=1S/C17H22N2OS/c18-11-5-12-19(14-15-6-2-1-3-7-15)17(20)10-9-16-8-4-13-21-16/h1-4,6-8,13H,5,9-12,14,18H2. The molecule has 0 aliphatic carbocycles. The second-order valence-electron chi connectivity index (χ2n) is 5.02. The number of carbonyl (C=O) groups excluding carboxylic acids is 1. The molecule has 0 saturated carbocycles. The molecule has 1 amide bonds. The van der Waals surface area contributed by atoms with Crippen LogP contribution < -0.4 is 5.73 Å². The van der Waals surface area contributed by atoms with Crippen LogP contribution in [0.5, 0.6) is 0 Å². The summed E-state index contributed by atoms with van der Waals surface area (Å²) >= 11 is 1.71. The Labute approximate surface area is 130 Å². The summed E-state index contributed by atoms with van der Waals surface area (Å²) < 4.78 is 0. The number of thiophene rings is 1.